The molecule has 3 nitrogen and oxygen atoms in total. The maximum Gasteiger partial charge on any atom is 0.0493 e. The van der Waals surface area contributed by atoms with Crippen molar-refractivity contribution in [1.29, 1.82) is 0 Å². The molecule has 0 aromatic heterocycles. The summed E-state index contributed by atoms with van der Waals surface area (Å²) in [6.07, 6.45) is 0. The summed E-state index contributed by atoms with van der Waals surface area (Å²) in [7, 11) is 0. The van der Waals surface area contributed by atoms with Crippen LogP contribution >= 0.6 is 12.4 Å². The van der Waals surface area contributed by atoms with Crippen LogP contribution in [0.25, 0.3) is 0 Å². The number of hydrazine groups is 1. The molecule has 0 amide bonds. The minimum absolute atomic E-state index is 0. The summed E-state index contributed by atoms with van der Waals surface area (Å²) in [5.41, 5.74) is 2.71. The first-order valence-electron chi connectivity index (χ1n) is 7.15. The average molecular weight is 304 g/mol. The third-order valence-corrected chi connectivity index (χ3v) is 3.94. The summed E-state index contributed by atoms with van der Waals surface area (Å²) in [5.74, 6) is 6.02. The van der Waals surface area contributed by atoms with Gasteiger partial charge in [-0.15, -0.1) is 12.4 Å². The molecule has 4 heteroatoms. The first kappa shape index (κ1) is 16.0. The van der Waals surface area contributed by atoms with Crippen molar-refractivity contribution in [2.75, 3.05) is 19.6 Å². The van der Waals surface area contributed by atoms with Crippen LogP contribution in [-0.2, 0) is 6.54 Å². The number of hydrogen-bond donors (Lipinski definition) is 1. The van der Waals surface area contributed by atoms with Gasteiger partial charge < -0.3 is 0 Å². The van der Waals surface area contributed by atoms with Crippen LogP contribution in [0.3, 0.4) is 0 Å². The lowest BCUT2D eigenvalue weighted by Gasteiger charge is -2.40. The molecule has 0 aliphatic carbocycles. The summed E-state index contributed by atoms with van der Waals surface area (Å²) in [4.78, 5) is 2.52. The predicted molar refractivity (Wildman–Crippen MR) is 89.0 cm³/mol. The molecule has 2 N–H and O–H groups in total. The van der Waals surface area contributed by atoms with E-state index in [-0.39, 0.29) is 12.4 Å². The van der Waals surface area contributed by atoms with Crippen LogP contribution in [0, 0.1) is 0 Å². The molecule has 1 heterocycles. The van der Waals surface area contributed by atoms with Gasteiger partial charge in [0, 0.05) is 32.2 Å². The summed E-state index contributed by atoms with van der Waals surface area (Å²) in [5, 5.41) is 1.93. The number of piperazine rings is 1. The molecule has 1 aliphatic rings. The summed E-state index contributed by atoms with van der Waals surface area (Å²) >= 11 is 0. The van der Waals surface area contributed by atoms with Gasteiger partial charge in [0.05, 0.1) is 0 Å². The predicted octanol–water partition coefficient (Wildman–Crippen LogP) is 2.84. The fourth-order valence-corrected chi connectivity index (χ4v) is 2.84. The molecule has 0 spiro atoms. The Morgan fingerprint density at radius 1 is 0.905 bits per heavy atom. The van der Waals surface area contributed by atoms with Crippen LogP contribution in [0.15, 0.2) is 60.7 Å². The van der Waals surface area contributed by atoms with Crippen molar-refractivity contribution in [3.05, 3.63) is 71.8 Å². The van der Waals surface area contributed by atoms with E-state index < -0.39 is 0 Å². The van der Waals surface area contributed by atoms with E-state index in [2.05, 4.69) is 65.6 Å². The molecule has 112 valence electrons. The molecule has 1 aliphatic heterocycles. The molecule has 0 saturated carbocycles. The van der Waals surface area contributed by atoms with Crippen molar-refractivity contribution < 1.29 is 0 Å². The number of halogens is 1. The van der Waals surface area contributed by atoms with E-state index in [1.54, 1.807) is 0 Å². The number of benzene rings is 2. The highest BCUT2D eigenvalue weighted by atomic mass is 35.5. The lowest BCUT2D eigenvalue weighted by atomic mass is 10.0. The molecular weight excluding hydrogens is 282 g/mol. The third kappa shape index (κ3) is 4.05. The van der Waals surface area contributed by atoms with Crippen molar-refractivity contribution >= 4 is 12.4 Å². The molecular formula is C17H22ClN3. The van der Waals surface area contributed by atoms with Crippen LogP contribution in [0.5, 0.6) is 0 Å². The van der Waals surface area contributed by atoms with Crippen LogP contribution in [0.4, 0.5) is 0 Å². The van der Waals surface area contributed by atoms with E-state index in [4.69, 9.17) is 5.84 Å². The summed E-state index contributed by atoms with van der Waals surface area (Å²) in [6.45, 7) is 3.80. The zero-order chi connectivity index (χ0) is 13.8. The van der Waals surface area contributed by atoms with E-state index in [0.717, 1.165) is 26.2 Å². The molecule has 0 bridgehead atoms. The van der Waals surface area contributed by atoms with Gasteiger partial charge in [-0.3, -0.25) is 10.7 Å². The molecule has 2 aromatic carbocycles. The second-order valence-electron chi connectivity index (χ2n) is 5.38. The van der Waals surface area contributed by atoms with Gasteiger partial charge >= 0.3 is 0 Å². The lowest BCUT2D eigenvalue weighted by molar-refractivity contribution is 0.0681. The molecule has 2 aromatic rings. The average Bonchev–Trinajstić information content (AvgIpc) is 2.51. The first-order valence-corrected chi connectivity index (χ1v) is 7.15. The van der Waals surface area contributed by atoms with Crippen molar-refractivity contribution in [2.24, 2.45) is 5.84 Å². The zero-order valence-corrected chi connectivity index (χ0v) is 12.9. The SMILES string of the molecule is Cl.NN1CCN(Cc2ccccc2)C(c2ccccc2)C1. The first-order chi connectivity index (χ1) is 9.83. The fraction of sp³-hybridized carbons (Fsp3) is 0.294. The molecule has 1 atom stereocenters. The Kier molecular flexibility index (Phi) is 5.76. The van der Waals surface area contributed by atoms with Gasteiger partial charge in [-0.05, 0) is 11.1 Å². The van der Waals surface area contributed by atoms with Crippen LogP contribution in [0.1, 0.15) is 17.2 Å². The zero-order valence-electron chi connectivity index (χ0n) is 12.1. The molecule has 1 saturated heterocycles. The number of nitrogens with two attached hydrogens (primary N) is 1. The minimum atomic E-state index is 0. The third-order valence-electron chi connectivity index (χ3n) is 3.94. The van der Waals surface area contributed by atoms with Gasteiger partial charge in [0.25, 0.3) is 0 Å². The van der Waals surface area contributed by atoms with Crippen molar-refractivity contribution in [3.63, 3.8) is 0 Å². The fourth-order valence-electron chi connectivity index (χ4n) is 2.84. The Morgan fingerprint density at radius 2 is 1.52 bits per heavy atom. The maximum absolute atomic E-state index is 6.02. The number of rotatable bonds is 3. The van der Waals surface area contributed by atoms with Crippen LogP contribution < -0.4 is 5.84 Å². The number of hydrogen-bond acceptors (Lipinski definition) is 3. The monoisotopic (exact) mass is 303 g/mol. The Labute approximate surface area is 132 Å². The standard InChI is InChI=1S/C17H21N3.ClH/c18-20-12-11-19(13-15-7-3-1-4-8-15)17(14-20)16-9-5-2-6-10-16;/h1-10,17H,11-14,18H2;1H. The van der Waals surface area contributed by atoms with Gasteiger partial charge in [-0.1, -0.05) is 60.7 Å². The second kappa shape index (κ2) is 7.57. The van der Waals surface area contributed by atoms with Crippen LogP contribution in [-0.4, -0.2) is 29.5 Å². The van der Waals surface area contributed by atoms with Gasteiger partial charge in [0.15, 0.2) is 0 Å². The topological polar surface area (TPSA) is 32.5 Å². The van der Waals surface area contributed by atoms with Gasteiger partial charge in [0.2, 0.25) is 0 Å². The van der Waals surface area contributed by atoms with Crippen molar-refractivity contribution in [2.45, 2.75) is 12.6 Å². The smallest absolute Gasteiger partial charge is 0.0493 e. The van der Waals surface area contributed by atoms with E-state index in [1.807, 2.05) is 5.01 Å². The summed E-state index contributed by atoms with van der Waals surface area (Å²) < 4.78 is 0. The van der Waals surface area contributed by atoms with E-state index >= 15 is 0 Å². The molecule has 3 rings (SSSR count). The van der Waals surface area contributed by atoms with E-state index in [0.29, 0.717) is 6.04 Å². The van der Waals surface area contributed by atoms with Gasteiger partial charge in [-0.2, -0.15) is 0 Å². The van der Waals surface area contributed by atoms with Crippen molar-refractivity contribution in [1.82, 2.24) is 9.91 Å². The minimum Gasteiger partial charge on any atom is -0.289 e. The molecule has 1 unspecified atom stereocenters. The highest BCUT2D eigenvalue weighted by molar-refractivity contribution is 5.85. The lowest BCUT2D eigenvalue weighted by Crippen LogP contribution is -2.50. The Bertz CT molecular complexity index is 532. The highest BCUT2D eigenvalue weighted by Crippen LogP contribution is 2.25. The maximum atomic E-state index is 6.02. The van der Waals surface area contributed by atoms with Crippen LogP contribution in [0.2, 0.25) is 0 Å². The molecule has 1 fully saturated rings. The van der Waals surface area contributed by atoms with Gasteiger partial charge in [0.1, 0.15) is 0 Å². The number of nitrogens with zero attached hydrogens (tertiary/aromatic N) is 2. The largest absolute Gasteiger partial charge is 0.289 e. The summed E-state index contributed by atoms with van der Waals surface area (Å²) in [6, 6.07) is 21.7. The quantitative estimate of drug-likeness (QED) is 0.885. The Morgan fingerprint density at radius 3 is 2.19 bits per heavy atom. The Hall–Kier alpha value is -1.39. The van der Waals surface area contributed by atoms with Gasteiger partial charge in [-0.25, -0.2) is 5.01 Å². The molecule has 0 radical (unpaired) electrons. The normalized spacial score (nSPS) is 20.0. The second-order valence-corrected chi connectivity index (χ2v) is 5.38. The van der Waals surface area contributed by atoms with Crippen molar-refractivity contribution in [3.8, 4) is 0 Å². The highest BCUT2D eigenvalue weighted by Gasteiger charge is 2.26. The Balaban J connectivity index is 0.00000161. The van der Waals surface area contributed by atoms with E-state index in [9.17, 15) is 0 Å². The van der Waals surface area contributed by atoms with E-state index in [1.165, 1.54) is 11.1 Å². The molecule has 21 heavy (non-hydrogen) atoms.